The molecule has 4 aromatic rings. The Hall–Kier alpha value is -3.95. The largest absolute Gasteiger partial charge is 0.462 e. The summed E-state index contributed by atoms with van der Waals surface area (Å²) in [6.07, 6.45) is 8.46. The second kappa shape index (κ2) is 16.0. The number of rotatable bonds is 15. The molecule has 0 aromatic heterocycles. The molecular formula is C40H46O3. The molecule has 1 N–H and O–H groups in total. The Bertz CT molecular complexity index is 1500. The van der Waals surface area contributed by atoms with E-state index in [1.54, 1.807) is 0 Å². The average molecular weight is 575 g/mol. The summed E-state index contributed by atoms with van der Waals surface area (Å²) in [5.41, 5.74) is 13.0. The van der Waals surface area contributed by atoms with Crippen molar-refractivity contribution in [2.24, 2.45) is 0 Å². The molecule has 0 amide bonds. The molecule has 4 aromatic carbocycles. The van der Waals surface area contributed by atoms with Gasteiger partial charge in [0.2, 0.25) is 0 Å². The molecule has 0 saturated carbocycles. The van der Waals surface area contributed by atoms with Gasteiger partial charge < -0.3 is 9.84 Å². The van der Waals surface area contributed by atoms with Crippen molar-refractivity contribution < 1.29 is 14.6 Å². The number of aryl methyl sites for hydroxylation is 4. The van der Waals surface area contributed by atoms with Crippen LogP contribution in [0.4, 0.5) is 0 Å². The van der Waals surface area contributed by atoms with E-state index in [-0.39, 0.29) is 12.2 Å². The molecule has 0 aliphatic heterocycles. The number of esters is 1. The molecular weight excluding hydrogens is 528 g/mol. The zero-order valence-electron chi connectivity index (χ0n) is 26.1. The van der Waals surface area contributed by atoms with Crippen LogP contribution in [0, 0.1) is 0 Å². The van der Waals surface area contributed by atoms with Crippen LogP contribution in [-0.4, -0.2) is 24.3 Å². The second-order valence-electron chi connectivity index (χ2n) is 11.3. The van der Waals surface area contributed by atoms with Gasteiger partial charge in [0.1, 0.15) is 0 Å². The Morgan fingerprint density at radius 3 is 1.74 bits per heavy atom. The Labute approximate surface area is 258 Å². The third kappa shape index (κ3) is 8.55. The van der Waals surface area contributed by atoms with Gasteiger partial charge in [-0.05, 0) is 94.2 Å². The number of carbonyl (C=O) groups excluding carboxylic acids is 1. The van der Waals surface area contributed by atoms with Crippen LogP contribution in [0.3, 0.4) is 0 Å². The molecule has 0 aliphatic carbocycles. The van der Waals surface area contributed by atoms with Crippen LogP contribution in [0.1, 0.15) is 68.7 Å². The summed E-state index contributed by atoms with van der Waals surface area (Å²) in [6.45, 7) is 10.2. The molecule has 224 valence electrons. The van der Waals surface area contributed by atoms with Gasteiger partial charge in [0.25, 0.3) is 0 Å². The number of ether oxygens (including phenoxy) is 1. The Balaban J connectivity index is 1.46. The molecule has 3 nitrogen and oxygen atoms in total. The highest BCUT2D eigenvalue weighted by Gasteiger charge is 2.11. The summed E-state index contributed by atoms with van der Waals surface area (Å²) in [6, 6.07) is 31.6. The topological polar surface area (TPSA) is 46.5 Å². The minimum Gasteiger partial charge on any atom is -0.462 e. The normalized spacial score (nSPS) is 11.0. The SMILES string of the molecule is C=C(CO)C(=O)OCCCc1ccc(-c2ccc(-c3ccc(-c4ccc(CCCCC)cc4)cc3CC)cc2CC)cc1. The minimum absolute atomic E-state index is 0.0867. The van der Waals surface area contributed by atoms with E-state index in [1.807, 2.05) is 0 Å². The van der Waals surface area contributed by atoms with Crippen LogP contribution in [0.25, 0.3) is 33.4 Å². The van der Waals surface area contributed by atoms with Crippen molar-refractivity contribution in [1.82, 2.24) is 0 Å². The Morgan fingerprint density at radius 1 is 0.651 bits per heavy atom. The summed E-state index contributed by atoms with van der Waals surface area (Å²) in [5.74, 6) is -0.529. The summed E-state index contributed by atoms with van der Waals surface area (Å²) in [4.78, 5) is 11.6. The molecule has 0 saturated heterocycles. The lowest BCUT2D eigenvalue weighted by molar-refractivity contribution is -0.139. The van der Waals surface area contributed by atoms with Crippen molar-refractivity contribution in [3.63, 3.8) is 0 Å². The molecule has 0 aliphatic rings. The van der Waals surface area contributed by atoms with E-state index in [1.165, 1.54) is 74.9 Å². The van der Waals surface area contributed by atoms with Gasteiger partial charge in [0, 0.05) is 0 Å². The number of carbonyl (C=O) groups is 1. The van der Waals surface area contributed by atoms with Crippen molar-refractivity contribution in [3.8, 4) is 33.4 Å². The summed E-state index contributed by atoms with van der Waals surface area (Å²) >= 11 is 0. The molecule has 4 rings (SSSR count). The van der Waals surface area contributed by atoms with Gasteiger partial charge in [0.15, 0.2) is 0 Å². The molecule has 0 radical (unpaired) electrons. The maximum Gasteiger partial charge on any atom is 0.335 e. The molecule has 3 heteroatoms. The van der Waals surface area contributed by atoms with E-state index in [9.17, 15) is 4.79 Å². The Kier molecular flexibility index (Phi) is 11.9. The van der Waals surface area contributed by atoms with Gasteiger partial charge in [0.05, 0.1) is 18.8 Å². The van der Waals surface area contributed by atoms with Crippen molar-refractivity contribution in [2.75, 3.05) is 13.2 Å². The minimum atomic E-state index is -0.529. The van der Waals surface area contributed by atoms with Gasteiger partial charge >= 0.3 is 5.97 Å². The second-order valence-corrected chi connectivity index (χ2v) is 11.3. The zero-order valence-corrected chi connectivity index (χ0v) is 26.1. The Morgan fingerprint density at radius 2 is 1.16 bits per heavy atom. The molecule has 0 heterocycles. The van der Waals surface area contributed by atoms with Crippen LogP contribution >= 0.6 is 0 Å². The number of aliphatic hydroxyl groups excluding tert-OH is 1. The van der Waals surface area contributed by atoms with Crippen LogP contribution in [-0.2, 0) is 35.2 Å². The highest BCUT2D eigenvalue weighted by Crippen LogP contribution is 2.34. The van der Waals surface area contributed by atoms with Crippen LogP contribution < -0.4 is 0 Å². The lowest BCUT2D eigenvalue weighted by Gasteiger charge is -2.15. The van der Waals surface area contributed by atoms with Crippen molar-refractivity contribution >= 4 is 5.97 Å². The number of unbranched alkanes of at least 4 members (excludes halogenated alkanes) is 2. The molecule has 0 fully saturated rings. The fraction of sp³-hybridized carbons (Fsp3) is 0.325. The first-order valence-corrected chi connectivity index (χ1v) is 15.9. The van der Waals surface area contributed by atoms with Gasteiger partial charge in [-0.2, -0.15) is 0 Å². The fourth-order valence-corrected chi connectivity index (χ4v) is 5.58. The van der Waals surface area contributed by atoms with E-state index >= 15 is 0 Å². The van der Waals surface area contributed by atoms with Crippen molar-refractivity contribution in [1.29, 1.82) is 0 Å². The van der Waals surface area contributed by atoms with Crippen molar-refractivity contribution in [3.05, 3.63) is 119 Å². The van der Waals surface area contributed by atoms with E-state index in [4.69, 9.17) is 9.84 Å². The quantitative estimate of drug-likeness (QED) is 0.0873. The number of aliphatic hydroxyl groups is 1. The summed E-state index contributed by atoms with van der Waals surface area (Å²) < 4.78 is 5.15. The molecule has 0 atom stereocenters. The van der Waals surface area contributed by atoms with Gasteiger partial charge in [-0.3, -0.25) is 0 Å². The molecule has 0 bridgehead atoms. The van der Waals surface area contributed by atoms with Gasteiger partial charge in [-0.1, -0.05) is 125 Å². The van der Waals surface area contributed by atoms with E-state index < -0.39 is 5.97 Å². The van der Waals surface area contributed by atoms with Crippen LogP contribution in [0.15, 0.2) is 97.1 Å². The van der Waals surface area contributed by atoms with E-state index in [0.717, 1.165) is 32.1 Å². The number of hydrogen-bond acceptors (Lipinski definition) is 3. The standard InChI is InChI=1S/C40H46O3/c1-5-8-9-11-30-13-17-34(18-14-30)36-21-23-39(32(6-2)26-36)37-22-24-38(33(7-3)27-37)35-19-15-31(16-20-35)12-10-25-43-40(42)29(4)28-41/h13-24,26-27,41H,4-12,25,28H2,1-3H3. The lowest BCUT2D eigenvalue weighted by Crippen LogP contribution is -2.11. The van der Waals surface area contributed by atoms with Crippen LogP contribution in [0.5, 0.6) is 0 Å². The first kappa shape index (κ1) is 32.0. The van der Waals surface area contributed by atoms with Gasteiger partial charge in [-0.25, -0.2) is 4.79 Å². The molecule has 43 heavy (non-hydrogen) atoms. The maximum absolute atomic E-state index is 11.6. The average Bonchev–Trinajstić information content (AvgIpc) is 3.06. The summed E-state index contributed by atoms with van der Waals surface area (Å²) in [7, 11) is 0. The third-order valence-corrected chi connectivity index (χ3v) is 8.23. The highest BCUT2D eigenvalue weighted by molar-refractivity contribution is 5.87. The third-order valence-electron chi connectivity index (χ3n) is 8.23. The van der Waals surface area contributed by atoms with Gasteiger partial charge in [-0.15, -0.1) is 0 Å². The summed E-state index contributed by atoms with van der Waals surface area (Å²) in [5, 5.41) is 8.97. The number of benzene rings is 4. The monoisotopic (exact) mass is 574 g/mol. The number of hydrogen-bond donors (Lipinski definition) is 1. The first-order valence-electron chi connectivity index (χ1n) is 15.9. The lowest BCUT2D eigenvalue weighted by atomic mass is 9.89. The highest BCUT2D eigenvalue weighted by atomic mass is 16.5. The molecule has 0 unspecified atom stereocenters. The van der Waals surface area contributed by atoms with E-state index in [2.05, 4.69) is 112 Å². The fourth-order valence-electron chi connectivity index (χ4n) is 5.58. The predicted molar refractivity (Wildman–Crippen MR) is 180 cm³/mol. The van der Waals surface area contributed by atoms with Crippen molar-refractivity contribution in [2.45, 2.75) is 72.1 Å². The maximum atomic E-state index is 11.6. The predicted octanol–water partition coefficient (Wildman–Crippen LogP) is 9.57. The smallest absolute Gasteiger partial charge is 0.335 e. The first-order chi connectivity index (χ1) is 21.0. The zero-order chi connectivity index (χ0) is 30.6. The van der Waals surface area contributed by atoms with Crippen LogP contribution in [0.2, 0.25) is 0 Å². The molecule has 0 spiro atoms. The van der Waals surface area contributed by atoms with E-state index in [0.29, 0.717) is 6.61 Å².